The highest BCUT2D eigenvalue weighted by atomic mass is 32.1. The standard InChI is InChI=1S/C9H16N2S/c1-7(2)4-11-8(3)9-5-10-6-12-9/h5-8,11H,4H2,1-3H3. The van der Waals surface area contributed by atoms with Crippen molar-refractivity contribution >= 4 is 11.3 Å². The molecule has 3 heteroatoms. The van der Waals surface area contributed by atoms with Crippen LogP contribution in [0, 0.1) is 5.92 Å². The zero-order valence-corrected chi connectivity index (χ0v) is 8.69. The average Bonchev–Trinajstić information content (AvgIpc) is 2.51. The predicted octanol–water partition coefficient (Wildman–Crippen LogP) is 2.45. The smallest absolute Gasteiger partial charge is 0.0794 e. The molecule has 0 bridgehead atoms. The summed E-state index contributed by atoms with van der Waals surface area (Å²) in [5.41, 5.74) is 1.88. The summed E-state index contributed by atoms with van der Waals surface area (Å²) in [6.07, 6.45) is 1.93. The molecule has 1 atom stereocenters. The Morgan fingerprint density at radius 3 is 2.75 bits per heavy atom. The van der Waals surface area contributed by atoms with Gasteiger partial charge in [-0.15, -0.1) is 11.3 Å². The Labute approximate surface area is 78.0 Å². The van der Waals surface area contributed by atoms with Crippen LogP contribution >= 0.6 is 11.3 Å². The van der Waals surface area contributed by atoms with E-state index in [2.05, 4.69) is 31.1 Å². The van der Waals surface area contributed by atoms with Crippen LogP contribution < -0.4 is 5.32 Å². The van der Waals surface area contributed by atoms with Gasteiger partial charge < -0.3 is 5.32 Å². The first-order chi connectivity index (χ1) is 5.70. The summed E-state index contributed by atoms with van der Waals surface area (Å²) in [6, 6.07) is 0.444. The normalized spacial score (nSPS) is 13.7. The topological polar surface area (TPSA) is 24.9 Å². The summed E-state index contributed by atoms with van der Waals surface area (Å²) in [5.74, 6) is 0.709. The van der Waals surface area contributed by atoms with Gasteiger partial charge in [0.2, 0.25) is 0 Å². The summed E-state index contributed by atoms with van der Waals surface area (Å²) in [7, 11) is 0. The summed E-state index contributed by atoms with van der Waals surface area (Å²) in [5, 5.41) is 3.45. The first kappa shape index (κ1) is 9.68. The van der Waals surface area contributed by atoms with E-state index in [0.29, 0.717) is 12.0 Å². The molecule has 0 aliphatic heterocycles. The molecule has 1 aromatic heterocycles. The number of nitrogens with zero attached hydrogens (tertiary/aromatic N) is 1. The Morgan fingerprint density at radius 1 is 1.50 bits per heavy atom. The molecule has 1 unspecified atom stereocenters. The zero-order valence-electron chi connectivity index (χ0n) is 7.87. The lowest BCUT2D eigenvalue weighted by molar-refractivity contribution is 0.500. The maximum atomic E-state index is 4.05. The number of hydrogen-bond donors (Lipinski definition) is 1. The van der Waals surface area contributed by atoms with Crippen LogP contribution in [0.3, 0.4) is 0 Å². The molecule has 1 rings (SSSR count). The average molecular weight is 184 g/mol. The van der Waals surface area contributed by atoms with E-state index in [4.69, 9.17) is 0 Å². The van der Waals surface area contributed by atoms with Crippen molar-refractivity contribution < 1.29 is 0 Å². The number of nitrogens with one attached hydrogen (secondary N) is 1. The molecule has 12 heavy (non-hydrogen) atoms. The minimum Gasteiger partial charge on any atom is -0.309 e. The van der Waals surface area contributed by atoms with Crippen molar-refractivity contribution in [2.24, 2.45) is 5.92 Å². The van der Waals surface area contributed by atoms with E-state index in [1.807, 2.05) is 11.7 Å². The van der Waals surface area contributed by atoms with Crippen LogP contribution in [-0.4, -0.2) is 11.5 Å². The van der Waals surface area contributed by atoms with Gasteiger partial charge >= 0.3 is 0 Å². The molecule has 0 saturated carbocycles. The van der Waals surface area contributed by atoms with E-state index >= 15 is 0 Å². The lowest BCUT2D eigenvalue weighted by atomic mass is 10.2. The van der Waals surface area contributed by atoms with Gasteiger partial charge in [-0.25, -0.2) is 0 Å². The largest absolute Gasteiger partial charge is 0.309 e. The lowest BCUT2D eigenvalue weighted by Crippen LogP contribution is -2.22. The van der Waals surface area contributed by atoms with Gasteiger partial charge in [0.05, 0.1) is 5.51 Å². The Bertz CT molecular complexity index is 206. The van der Waals surface area contributed by atoms with Gasteiger partial charge in [0, 0.05) is 17.1 Å². The van der Waals surface area contributed by atoms with Crippen LogP contribution in [0.15, 0.2) is 11.7 Å². The Balaban J connectivity index is 2.34. The highest BCUT2D eigenvalue weighted by Crippen LogP contribution is 2.15. The third kappa shape index (κ3) is 2.91. The van der Waals surface area contributed by atoms with Crippen LogP contribution in [-0.2, 0) is 0 Å². The fraction of sp³-hybridized carbons (Fsp3) is 0.667. The van der Waals surface area contributed by atoms with Crippen molar-refractivity contribution in [1.82, 2.24) is 10.3 Å². The summed E-state index contributed by atoms with van der Waals surface area (Å²) < 4.78 is 0. The minimum absolute atomic E-state index is 0.444. The highest BCUT2D eigenvalue weighted by Gasteiger charge is 2.05. The number of aromatic nitrogens is 1. The first-order valence-electron chi connectivity index (χ1n) is 4.32. The molecule has 0 radical (unpaired) electrons. The van der Waals surface area contributed by atoms with Crippen LogP contribution in [0.25, 0.3) is 0 Å². The van der Waals surface area contributed by atoms with E-state index in [9.17, 15) is 0 Å². The molecule has 1 heterocycles. The number of thiazole rings is 1. The second-order valence-electron chi connectivity index (χ2n) is 3.43. The molecule has 0 spiro atoms. The fourth-order valence-corrected chi connectivity index (χ4v) is 1.61. The third-order valence-corrected chi connectivity index (χ3v) is 2.67. The van der Waals surface area contributed by atoms with Crippen molar-refractivity contribution in [1.29, 1.82) is 0 Å². The van der Waals surface area contributed by atoms with E-state index in [0.717, 1.165) is 6.54 Å². The fourth-order valence-electron chi connectivity index (χ4n) is 0.953. The van der Waals surface area contributed by atoms with Crippen molar-refractivity contribution in [3.63, 3.8) is 0 Å². The zero-order chi connectivity index (χ0) is 8.97. The first-order valence-corrected chi connectivity index (χ1v) is 5.20. The lowest BCUT2D eigenvalue weighted by Gasteiger charge is -2.12. The van der Waals surface area contributed by atoms with E-state index in [1.165, 1.54) is 4.88 Å². The van der Waals surface area contributed by atoms with Crippen molar-refractivity contribution in [3.8, 4) is 0 Å². The second kappa shape index (κ2) is 4.58. The van der Waals surface area contributed by atoms with E-state index < -0.39 is 0 Å². The van der Waals surface area contributed by atoms with Crippen LogP contribution in [0.2, 0.25) is 0 Å². The molecule has 0 aliphatic rings. The molecular weight excluding hydrogens is 168 g/mol. The van der Waals surface area contributed by atoms with Gasteiger partial charge in [-0.05, 0) is 19.4 Å². The molecule has 0 fully saturated rings. The highest BCUT2D eigenvalue weighted by molar-refractivity contribution is 7.09. The molecule has 0 aromatic carbocycles. The minimum atomic E-state index is 0.444. The maximum Gasteiger partial charge on any atom is 0.0794 e. The molecule has 0 aliphatic carbocycles. The Hall–Kier alpha value is -0.410. The van der Waals surface area contributed by atoms with Crippen LogP contribution in [0.1, 0.15) is 31.7 Å². The van der Waals surface area contributed by atoms with Crippen molar-refractivity contribution in [3.05, 3.63) is 16.6 Å². The molecule has 68 valence electrons. The van der Waals surface area contributed by atoms with Gasteiger partial charge in [-0.2, -0.15) is 0 Å². The monoisotopic (exact) mass is 184 g/mol. The Kier molecular flexibility index (Phi) is 3.69. The third-order valence-electron chi connectivity index (χ3n) is 1.71. The van der Waals surface area contributed by atoms with Gasteiger partial charge in [0.1, 0.15) is 0 Å². The van der Waals surface area contributed by atoms with Crippen molar-refractivity contribution in [2.45, 2.75) is 26.8 Å². The van der Waals surface area contributed by atoms with Gasteiger partial charge in [0.15, 0.2) is 0 Å². The number of hydrogen-bond acceptors (Lipinski definition) is 3. The predicted molar refractivity (Wildman–Crippen MR) is 53.4 cm³/mol. The Morgan fingerprint density at radius 2 is 2.25 bits per heavy atom. The quantitative estimate of drug-likeness (QED) is 0.777. The van der Waals surface area contributed by atoms with Gasteiger partial charge in [0.25, 0.3) is 0 Å². The second-order valence-corrected chi connectivity index (χ2v) is 4.35. The summed E-state index contributed by atoms with van der Waals surface area (Å²) in [6.45, 7) is 7.67. The number of rotatable bonds is 4. The summed E-state index contributed by atoms with van der Waals surface area (Å²) in [4.78, 5) is 5.36. The SMILES string of the molecule is CC(C)CNC(C)c1cncs1. The van der Waals surface area contributed by atoms with Crippen LogP contribution in [0.5, 0.6) is 0 Å². The molecule has 0 saturated heterocycles. The molecular formula is C9H16N2S. The molecule has 0 amide bonds. The van der Waals surface area contributed by atoms with Gasteiger partial charge in [-0.3, -0.25) is 4.98 Å². The van der Waals surface area contributed by atoms with Crippen LogP contribution in [0.4, 0.5) is 0 Å². The molecule has 1 N–H and O–H groups in total. The molecule has 2 nitrogen and oxygen atoms in total. The van der Waals surface area contributed by atoms with Gasteiger partial charge in [-0.1, -0.05) is 13.8 Å². The molecule has 1 aromatic rings. The maximum absolute atomic E-state index is 4.05. The van der Waals surface area contributed by atoms with Crippen molar-refractivity contribution in [2.75, 3.05) is 6.54 Å². The van der Waals surface area contributed by atoms with E-state index in [1.54, 1.807) is 11.3 Å². The summed E-state index contributed by atoms with van der Waals surface area (Å²) >= 11 is 1.71. The van der Waals surface area contributed by atoms with E-state index in [-0.39, 0.29) is 0 Å².